The minimum Gasteiger partial charge on any atom is -0.324 e. The number of hydrogen-bond acceptors (Lipinski definition) is 1. The summed E-state index contributed by atoms with van der Waals surface area (Å²) in [5.41, 5.74) is 7.25. The van der Waals surface area contributed by atoms with Crippen LogP contribution in [0.5, 0.6) is 0 Å². The third-order valence-corrected chi connectivity index (χ3v) is 2.19. The zero-order valence-corrected chi connectivity index (χ0v) is 9.47. The van der Waals surface area contributed by atoms with Crippen molar-refractivity contribution in [1.82, 2.24) is 0 Å². The van der Waals surface area contributed by atoms with E-state index in [4.69, 9.17) is 5.73 Å². The topological polar surface area (TPSA) is 26.0 Å². The zero-order valence-electron chi connectivity index (χ0n) is 9.47. The van der Waals surface area contributed by atoms with Crippen molar-refractivity contribution in [1.29, 1.82) is 0 Å². The van der Waals surface area contributed by atoms with E-state index in [1.807, 2.05) is 0 Å². The van der Waals surface area contributed by atoms with E-state index in [0.29, 0.717) is 0 Å². The quantitative estimate of drug-likeness (QED) is 0.473. The molecule has 1 nitrogen and oxygen atoms in total. The fourth-order valence-corrected chi connectivity index (χ4v) is 1.50. The fourth-order valence-electron chi connectivity index (χ4n) is 1.50. The van der Waals surface area contributed by atoms with Crippen molar-refractivity contribution in [2.45, 2.75) is 65.3 Å². The molecule has 0 aromatic heterocycles. The summed E-state index contributed by atoms with van der Waals surface area (Å²) in [6.45, 7) is 6.46. The van der Waals surface area contributed by atoms with E-state index < -0.39 is 0 Å². The Morgan fingerprint density at radius 2 is 1.77 bits per heavy atom. The van der Waals surface area contributed by atoms with Gasteiger partial charge in [0.05, 0.1) is 0 Å². The highest BCUT2D eigenvalue weighted by molar-refractivity contribution is 4.99. The van der Waals surface area contributed by atoms with E-state index >= 15 is 0 Å². The van der Waals surface area contributed by atoms with Crippen LogP contribution >= 0.6 is 0 Å². The first kappa shape index (κ1) is 12.7. The Morgan fingerprint density at radius 3 is 2.31 bits per heavy atom. The summed E-state index contributed by atoms with van der Waals surface area (Å²) in [5, 5.41) is 0. The minimum atomic E-state index is 0.284. The van der Waals surface area contributed by atoms with Crippen LogP contribution < -0.4 is 5.73 Å². The smallest absolute Gasteiger partial charge is 0.0226 e. The Labute approximate surface area is 83.4 Å². The molecule has 0 spiro atoms. The molecule has 78 valence electrons. The Morgan fingerprint density at radius 1 is 1.15 bits per heavy atom. The average molecular weight is 183 g/mol. The fraction of sp³-hybridized carbons (Fsp3) is 0.833. The van der Waals surface area contributed by atoms with Crippen molar-refractivity contribution in [2.24, 2.45) is 5.73 Å². The molecule has 1 heteroatoms. The van der Waals surface area contributed by atoms with Gasteiger partial charge in [0.15, 0.2) is 0 Å². The van der Waals surface area contributed by atoms with Gasteiger partial charge in [-0.1, -0.05) is 50.7 Å². The summed E-state index contributed by atoms with van der Waals surface area (Å²) in [7, 11) is 0. The third-order valence-electron chi connectivity index (χ3n) is 2.19. The van der Waals surface area contributed by atoms with Crippen molar-refractivity contribution >= 4 is 0 Å². The normalized spacial score (nSPS) is 12.6. The summed E-state index contributed by atoms with van der Waals surface area (Å²) in [6.07, 6.45) is 10.0. The number of allylic oxidation sites excluding steroid dienone is 1. The van der Waals surface area contributed by atoms with Crippen molar-refractivity contribution in [3.63, 3.8) is 0 Å². The van der Waals surface area contributed by atoms with Crippen LogP contribution in [0.3, 0.4) is 0 Å². The van der Waals surface area contributed by atoms with Crippen molar-refractivity contribution in [3.8, 4) is 0 Å². The second-order valence-electron chi connectivity index (χ2n) is 4.11. The van der Waals surface area contributed by atoms with Crippen molar-refractivity contribution in [2.75, 3.05) is 0 Å². The highest BCUT2D eigenvalue weighted by Gasteiger charge is 1.97. The van der Waals surface area contributed by atoms with Crippen LogP contribution in [0.15, 0.2) is 11.6 Å². The van der Waals surface area contributed by atoms with Gasteiger partial charge in [0, 0.05) is 6.04 Å². The summed E-state index contributed by atoms with van der Waals surface area (Å²) in [4.78, 5) is 0. The summed E-state index contributed by atoms with van der Waals surface area (Å²) in [5.74, 6) is 0. The van der Waals surface area contributed by atoms with Crippen LogP contribution in [0.1, 0.15) is 59.3 Å². The summed E-state index contributed by atoms with van der Waals surface area (Å²) < 4.78 is 0. The molecule has 13 heavy (non-hydrogen) atoms. The molecule has 0 saturated heterocycles. The average Bonchev–Trinajstić information content (AvgIpc) is 2.02. The van der Waals surface area contributed by atoms with Crippen LogP contribution in [-0.2, 0) is 0 Å². The first-order valence-electron chi connectivity index (χ1n) is 5.57. The van der Waals surface area contributed by atoms with E-state index in [-0.39, 0.29) is 6.04 Å². The zero-order chi connectivity index (χ0) is 10.1. The van der Waals surface area contributed by atoms with Gasteiger partial charge in [-0.15, -0.1) is 0 Å². The molecular weight excluding hydrogens is 158 g/mol. The maximum atomic E-state index is 5.91. The standard InChI is InChI=1S/C12H25N/c1-4-5-6-7-8-9-12(13)10-11(2)3/h10,12H,4-9,13H2,1-3H3. The molecule has 0 aromatic carbocycles. The van der Waals surface area contributed by atoms with Gasteiger partial charge >= 0.3 is 0 Å². The lowest BCUT2D eigenvalue weighted by atomic mass is 10.1. The Balaban J connectivity index is 3.27. The molecule has 1 atom stereocenters. The highest BCUT2D eigenvalue weighted by Crippen LogP contribution is 2.07. The first-order valence-corrected chi connectivity index (χ1v) is 5.57. The number of unbranched alkanes of at least 4 members (excludes halogenated alkanes) is 4. The predicted molar refractivity (Wildman–Crippen MR) is 60.8 cm³/mol. The molecular formula is C12H25N. The Bertz CT molecular complexity index is 134. The largest absolute Gasteiger partial charge is 0.324 e. The van der Waals surface area contributed by atoms with E-state index in [1.165, 1.54) is 37.7 Å². The van der Waals surface area contributed by atoms with Crippen LogP contribution in [-0.4, -0.2) is 6.04 Å². The Kier molecular flexibility index (Phi) is 8.11. The maximum Gasteiger partial charge on any atom is 0.0226 e. The molecule has 0 heterocycles. The highest BCUT2D eigenvalue weighted by atomic mass is 14.6. The van der Waals surface area contributed by atoms with Gasteiger partial charge in [0.25, 0.3) is 0 Å². The molecule has 2 N–H and O–H groups in total. The van der Waals surface area contributed by atoms with Gasteiger partial charge in [-0.25, -0.2) is 0 Å². The Hall–Kier alpha value is -0.300. The molecule has 0 radical (unpaired) electrons. The van der Waals surface area contributed by atoms with E-state index in [2.05, 4.69) is 26.8 Å². The third kappa shape index (κ3) is 9.62. The first-order chi connectivity index (χ1) is 6.16. The van der Waals surface area contributed by atoms with Crippen LogP contribution in [0.4, 0.5) is 0 Å². The van der Waals surface area contributed by atoms with E-state index in [9.17, 15) is 0 Å². The second kappa shape index (κ2) is 8.31. The van der Waals surface area contributed by atoms with Crippen LogP contribution in [0, 0.1) is 0 Å². The van der Waals surface area contributed by atoms with Crippen LogP contribution in [0.2, 0.25) is 0 Å². The second-order valence-corrected chi connectivity index (χ2v) is 4.11. The number of rotatable bonds is 7. The van der Waals surface area contributed by atoms with Gasteiger partial charge in [0.1, 0.15) is 0 Å². The predicted octanol–water partition coefficient (Wildman–Crippen LogP) is 3.64. The van der Waals surface area contributed by atoms with Crippen LogP contribution in [0.25, 0.3) is 0 Å². The van der Waals surface area contributed by atoms with Crippen molar-refractivity contribution in [3.05, 3.63) is 11.6 Å². The number of nitrogens with two attached hydrogens (primary N) is 1. The van der Waals surface area contributed by atoms with Gasteiger partial charge < -0.3 is 5.73 Å². The molecule has 0 bridgehead atoms. The summed E-state index contributed by atoms with van der Waals surface area (Å²) in [6, 6.07) is 0.284. The molecule has 0 aliphatic rings. The maximum absolute atomic E-state index is 5.91. The van der Waals surface area contributed by atoms with E-state index in [0.717, 1.165) is 6.42 Å². The SMILES string of the molecule is CCCCCCCC(N)C=C(C)C. The van der Waals surface area contributed by atoms with Gasteiger partial charge in [-0.2, -0.15) is 0 Å². The molecule has 0 aliphatic carbocycles. The lowest BCUT2D eigenvalue weighted by molar-refractivity contribution is 0.582. The molecule has 0 fully saturated rings. The molecule has 0 rings (SSSR count). The molecule has 0 aromatic rings. The molecule has 0 aliphatic heterocycles. The van der Waals surface area contributed by atoms with Gasteiger partial charge in [-0.05, 0) is 20.3 Å². The number of hydrogen-bond donors (Lipinski definition) is 1. The summed E-state index contributed by atoms with van der Waals surface area (Å²) >= 11 is 0. The van der Waals surface area contributed by atoms with Gasteiger partial charge in [0.2, 0.25) is 0 Å². The lowest BCUT2D eigenvalue weighted by Gasteiger charge is -2.06. The van der Waals surface area contributed by atoms with Gasteiger partial charge in [-0.3, -0.25) is 0 Å². The molecule has 1 unspecified atom stereocenters. The monoisotopic (exact) mass is 183 g/mol. The minimum absolute atomic E-state index is 0.284. The molecule has 0 saturated carbocycles. The van der Waals surface area contributed by atoms with E-state index in [1.54, 1.807) is 0 Å². The van der Waals surface area contributed by atoms with Crippen molar-refractivity contribution < 1.29 is 0 Å². The lowest BCUT2D eigenvalue weighted by Crippen LogP contribution is -2.16. The molecule has 0 amide bonds.